The number of hydrogen-bond donors (Lipinski definition) is 2. The average Bonchev–Trinajstić information content (AvgIpc) is 2.45. The number of hydrogen-bond acceptors (Lipinski definition) is 2. The van der Waals surface area contributed by atoms with Crippen LogP contribution in [0.2, 0.25) is 0 Å². The number of amides is 2. The summed E-state index contributed by atoms with van der Waals surface area (Å²) in [6.45, 7) is 6.19. The van der Waals surface area contributed by atoms with E-state index in [0.717, 1.165) is 17.7 Å². The predicted molar refractivity (Wildman–Crippen MR) is 81.4 cm³/mol. The molecule has 0 fully saturated rings. The second kappa shape index (κ2) is 6.43. The van der Waals surface area contributed by atoms with Crippen molar-refractivity contribution in [3.8, 4) is 0 Å². The molecule has 2 atom stereocenters. The van der Waals surface area contributed by atoms with Crippen LogP contribution in [0.15, 0.2) is 36.9 Å². The quantitative estimate of drug-likeness (QED) is 0.836. The molecular weight excluding hydrogens is 268 g/mol. The molecule has 2 unspecified atom stereocenters. The Kier molecular flexibility index (Phi) is 4.62. The summed E-state index contributed by atoms with van der Waals surface area (Å²) in [5.74, 6) is -0.713. The Hall–Kier alpha value is -2.30. The predicted octanol–water partition coefficient (Wildman–Crippen LogP) is 2.42. The molecule has 0 spiro atoms. The van der Waals surface area contributed by atoms with Crippen molar-refractivity contribution in [3.63, 3.8) is 0 Å². The Balaban J connectivity index is 2.19. The highest BCUT2D eigenvalue weighted by Gasteiger charge is 2.28. The van der Waals surface area contributed by atoms with Crippen molar-refractivity contribution in [2.45, 2.75) is 25.8 Å². The van der Waals surface area contributed by atoms with Crippen molar-refractivity contribution in [2.75, 3.05) is 11.4 Å². The second-order valence-corrected chi connectivity index (χ2v) is 5.41. The standard InChI is InChI=1S/C16H20N2O3/c1-3-6-13(15(19)20)17-16(21)18-10-11(2)9-12-7-4-5-8-14(12)18/h3-5,7-8,11,13H,1,6,9-10H2,2H3,(H,17,21)(H,19,20). The molecule has 5 nitrogen and oxygen atoms in total. The van der Waals surface area contributed by atoms with Crippen LogP contribution in [-0.2, 0) is 11.2 Å². The summed E-state index contributed by atoms with van der Waals surface area (Å²) in [4.78, 5) is 25.2. The molecule has 2 N–H and O–H groups in total. The summed E-state index contributed by atoms with van der Waals surface area (Å²) < 4.78 is 0. The smallest absolute Gasteiger partial charge is 0.326 e. The summed E-state index contributed by atoms with van der Waals surface area (Å²) in [7, 11) is 0. The number of carboxylic acids is 1. The molecule has 112 valence electrons. The van der Waals surface area contributed by atoms with Crippen molar-refractivity contribution in [1.29, 1.82) is 0 Å². The average molecular weight is 288 g/mol. The largest absolute Gasteiger partial charge is 0.480 e. The van der Waals surface area contributed by atoms with E-state index in [1.165, 1.54) is 6.08 Å². The molecule has 1 heterocycles. The Bertz CT molecular complexity index is 556. The molecule has 0 aromatic heterocycles. The molecule has 1 aliphatic heterocycles. The highest BCUT2D eigenvalue weighted by molar-refractivity contribution is 5.95. The minimum Gasteiger partial charge on any atom is -0.480 e. The molecule has 1 aromatic carbocycles. The van der Waals surface area contributed by atoms with Gasteiger partial charge in [0.2, 0.25) is 0 Å². The van der Waals surface area contributed by atoms with E-state index < -0.39 is 12.0 Å². The fourth-order valence-corrected chi connectivity index (χ4v) is 2.60. The van der Waals surface area contributed by atoms with E-state index in [0.29, 0.717) is 12.5 Å². The van der Waals surface area contributed by atoms with Gasteiger partial charge in [0, 0.05) is 12.2 Å². The molecule has 1 aromatic rings. The second-order valence-electron chi connectivity index (χ2n) is 5.41. The lowest BCUT2D eigenvalue weighted by Crippen LogP contribution is -2.50. The van der Waals surface area contributed by atoms with E-state index in [2.05, 4.69) is 18.8 Å². The zero-order valence-electron chi connectivity index (χ0n) is 12.1. The zero-order chi connectivity index (χ0) is 15.4. The van der Waals surface area contributed by atoms with Gasteiger partial charge in [-0.2, -0.15) is 0 Å². The van der Waals surface area contributed by atoms with Gasteiger partial charge in [-0.1, -0.05) is 31.2 Å². The van der Waals surface area contributed by atoms with Gasteiger partial charge < -0.3 is 10.4 Å². The molecule has 0 saturated heterocycles. The number of benzene rings is 1. The number of para-hydroxylation sites is 1. The third-order valence-corrected chi connectivity index (χ3v) is 3.59. The number of nitrogens with one attached hydrogen (secondary N) is 1. The van der Waals surface area contributed by atoms with Gasteiger partial charge in [0.1, 0.15) is 6.04 Å². The maximum Gasteiger partial charge on any atom is 0.326 e. The first-order valence-corrected chi connectivity index (χ1v) is 7.02. The van der Waals surface area contributed by atoms with Gasteiger partial charge in [0.25, 0.3) is 0 Å². The topological polar surface area (TPSA) is 69.6 Å². The summed E-state index contributed by atoms with van der Waals surface area (Å²) in [6, 6.07) is 6.41. The molecule has 5 heteroatoms. The van der Waals surface area contributed by atoms with Crippen LogP contribution in [0.3, 0.4) is 0 Å². The molecule has 2 amide bonds. The van der Waals surface area contributed by atoms with Crippen molar-refractivity contribution in [2.24, 2.45) is 5.92 Å². The van der Waals surface area contributed by atoms with Crippen LogP contribution in [0.1, 0.15) is 18.9 Å². The lowest BCUT2D eigenvalue weighted by atomic mass is 9.94. The van der Waals surface area contributed by atoms with Crippen LogP contribution < -0.4 is 10.2 Å². The number of anilines is 1. The highest BCUT2D eigenvalue weighted by Crippen LogP contribution is 2.29. The minimum atomic E-state index is -1.05. The van der Waals surface area contributed by atoms with Crippen LogP contribution in [0.5, 0.6) is 0 Å². The molecule has 0 bridgehead atoms. The molecule has 0 aliphatic carbocycles. The Labute approximate surface area is 124 Å². The van der Waals surface area contributed by atoms with Crippen molar-refractivity contribution < 1.29 is 14.7 Å². The molecule has 0 radical (unpaired) electrons. The zero-order valence-corrected chi connectivity index (χ0v) is 12.1. The molecular formula is C16H20N2O3. The number of carbonyl (C=O) groups excluding carboxylic acids is 1. The summed E-state index contributed by atoms with van der Waals surface area (Å²) >= 11 is 0. The van der Waals surface area contributed by atoms with Gasteiger partial charge in [-0.15, -0.1) is 6.58 Å². The van der Waals surface area contributed by atoms with Gasteiger partial charge in [-0.25, -0.2) is 9.59 Å². The number of fused-ring (bicyclic) bond motifs is 1. The Morgan fingerprint density at radius 3 is 2.90 bits per heavy atom. The van der Waals surface area contributed by atoms with Crippen LogP contribution in [-0.4, -0.2) is 29.7 Å². The Morgan fingerprint density at radius 1 is 1.52 bits per heavy atom. The third kappa shape index (κ3) is 3.42. The van der Waals surface area contributed by atoms with Crippen LogP contribution in [0.4, 0.5) is 10.5 Å². The highest BCUT2D eigenvalue weighted by atomic mass is 16.4. The van der Waals surface area contributed by atoms with E-state index >= 15 is 0 Å². The number of nitrogens with zero attached hydrogens (tertiary/aromatic N) is 1. The van der Waals surface area contributed by atoms with Gasteiger partial charge in [-0.3, -0.25) is 4.90 Å². The molecule has 0 saturated carbocycles. The fourth-order valence-electron chi connectivity index (χ4n) is 2.60. The lowest BCUT2D eigenvalue weighted by molar-refractivity contribution is -0.139. The van der Waals surface area contributed by atoms with Crippen molar-refractivity contribution in [1.82, 2.24) is 5.32 Å². The summed E-state index contributed by atoms with van der Waals surface area (Å²) in [6.07, 6.45) is 2.62. The van der Waals surface area contributed by atoms with Crippen molar-refractivity contribution in [3.05, 3.63) is 42.5 Å². The van der Waals surface area contributed by atoms with Gasteiger partial charge in [0.05, 0.1) is 0 Å². The number of carboxylic acid groups (broad SMARTS) is 1. The first kappa shape index (κ1) is 15.1. The van der Waals surface area contributed by atoms with Gasteiger partial charge >= 0.3 is 12.0 Å². The van der Waals surface area contributed by atoms with Gasteiger partial charge in [-0.05, 0) is 30.4 Å². The molecule has 21 heavy (non-hydrogen) atoms. The monoisotopic (exact) mass is 288 g/mol. The van der Waals surface area contributed by atoms with Crippen LogP contribution in [0.25, 0.3) is 0 Å². The van der Waals surface area contributed by atoms with E-state index in [9.17, 15) is 9.59 Å². The van der Waals surface area contributed by atoms with Crippen molar-refractivity contribution >= 4 is 17.7 Å². The maximum atomic E-state index is 12.4. The first-order valence-electron chi connectivity index (χ1n) is 7.02. The van der Waals surface area contributed by atoms with Crippen LogP contribution in [0, 0.1) is 5.92 Å². The number of carbonyl (C=O) groups is 2. The van der Waals surface area contributed by atoms with E-state index in [1.807, 2.05) is 24.3 Å². The number of rotatable bonds is 4. The normalized spacial score (nSPS) is 18.5. The maximum absolute atomic E-state index is 12.4. The summed E-state index contributed by atoms with van der Waals surface area (Å²) in [5.41, 5.74) is 1.97. The third-order valence-electron chi connectivity index (χ3n) is 3.59. The Morgan fingerprint density at radius 2 is 2.24 bits per heavy atom. The summed E-state index contributed by atoms with van der Waals surface area (Å²) in [5, 5.41) is 11.7. The lowest BCUT2D eigenvalue weighted by Gasteiger charge is -2.33. The van der Waals surface area contributed by atoms with E-state index in [-0.39, 0.29) is 12.5 Å². The number of urea groups is 1. The molecule has 2 rings (SSSR count). The molecule has 1 aliphatic rings. The van der Waals surface area contributed by atoms with Crippen LogP contribution >= 0.6 is 0 Å². The minimum absolute atomic E-state index is 0.201. The SMILES string of the molecule is C=CCC(NC(=O)N1CC(C)Cc2ccccc21)C(=O)O. The van der Waals surface area contributed by atoms with E-state index in [1.54, 1.807) is 4.90 Å². The van der Waals surface area contributed by atoms with E-state index in [4.69, 9.17) is 5.11 Å². The number of aliphatic carboxylic acids is 1. The fraction of sp³-hybridized carbons (Fsp3) is 0.375. The first-order chi connectivity index (χ1) is 10.0. The van der Waals surface area contributed by atoms with Gasteiger partial charge in [0.15, 0.2) is 0 Å².